The maximum Gasteiger partial charge on any atom is 0.257 e. The molecule has 8 heteroatoms. The molecule has 1 spiro atoms. The van der Waals surface area contributed by atoms with Gasteiger partial charge in [-0.25, -0.2) is 0 Å². The third kappa shape index (κ3) is 4.49. The van der Waals surface area contributed by atoms with Crippen LogP contribution < -0.4 is 5.32 Å². The molecule has 3 amide bonds. The van der Waals surface area contributed by atoms with Gasteiger partial charge in [0.05, 0.1) is 25.8 Å². The zero-order valence-corrected chi connectivity index (χ0v) is 16.5. The molecule has 0 aliphatic carbocycles. The van der Waals surface area contributed by atoms with Crippen LogP contribution in [0.5, 0.6) is 0 Å². The predicted octanol–water partition coefficient (Wildman–Crippen LogP) is 0.773. The van der Waals surface area contributed by atoms with E-state index < -0.39 is 17.7 Å². The maximum atomic E-state index is 12.8. The minimum atomic E-state index is -0.509. The van der Waals surface area contributed by atoms with E-state index in [1.54, 1.807) is 24.3 Å². The van der Waals surface area contributed by atoms with Crippen molar-refractivity contribution in [2.24, 2.45) is 0 Å². The number of carbonyl (C=O) groups excluding carboxylic acids is 3. The smallest absolute Gasteiger partial charge is 0.257 e. The van der Waals surface area contributed by atoms with Crippen LogP contribution in [0, 0.1) is 0 Å². The Kier molecular flexibility index (Phi) is 5.94. The fraction of sp³-hybridized carbons (Fsp3) is 0.571. The first kappa shape index (κ1) is 20.0. The van der Waals surface area contributed by atoms with Crippen LogP contribution >= 0.6 is 0 Å². The minimum Gasteiger partial charge on any atom is -0.347 e. The molecule has 1 aromatic rings. The summed E-state index contributed by atoms with van der Waals surface area (Å²) in [6.07, 6.45) is 2.82. The van der Waals surface area contributed by atoms with E-state index in [9.17, 15) is 14.4 Å². The molecule has 1 N–H and O–H groups in total. The van der Waals surface area contributed by atoms with Gasteiger partial charge in [0.1, 0.15) is 0 Å². The van der Waals surface area contributed by atoms with Crippen LogP contribution in [0.3, 0.4) is 0 Å². The van der Waals surface area contributed by atoms with Crippen molar-refractivity contribution in [2.45, 2.75) is 37.5 Å². The average molecular weight is 401 g/mol. The molecule has 3 heterocycles. The second-order valence-corrected chi connectivity index (χ2v) is 7.80. The SMILES string of the molecule is O=C(NC(=O)[C@@H]1CCCN1CC(=O)N1CCC2(CC1)OCCO2)c1ccccc1. The zero-order valence-electron chi connectivity index (χ0n) is 16.5. The van der Waals surface area contributed by atoms with Gasteiger partial charge in [0, 0.05) is 31.5 Å². The van der Waals surface area contributed by atoms with Gasteiger partial charge in [-0.2, -0.15) is 0 Å². The summed E-state index contributed by atoms with van der Waals surface area (Å²) in [5.74, 6) is -1.25. The van der Waals surface area contributed by atoms with E-state index in [-0.39, 0.29) is 18.4 Å². The van der Waals surface area contributed by atoms with Crippen LogP contribution in [-0.2, 0) is 19.1 Å². The van der Waals surface area contributed by atoms with Gasteiger partial charge in [-0.15, -0.1) is 0 Å². The van der Waals surface area contributed by atoms with E-state index in [4.69, 9.17) is 9.47 Å². The van der Waals surface area contributed by atoms with E-state index in [1.165, 1.54) is 0 Å². The molecule has 0 unspecified atom stereocenters. The standard InChI is InChI=1S/C21H27N3O5/c25-18(23-11-8-21(9-12-23)28-13-14-29-21)15-24-10-4-7-17(24)20(27)22-19(26)16-5-2-1-3-6-16/h1-3,5-6,17H,4,7-15H2,(H,22,26,27)/t17-/m0/s1. The van der Waals surface area contributed by atoms with Crippen LogP contribution in [0.1, 0.15) is 36.0 Å². The number of piperidine rings is 1. The number of nitrogens with zero attached hydrogens (tertiary/aromatic N) is 2. The molecule has 1 atom stereocenters. The summed E-state index contributed by atoms with van der Waals surface area (Å²) < 4.78 is 11.4. The fourth-order valence-corrected chi connectivity index (χ4v) is 4.33. The molecule has 4 rings (SSSR count). The summed E-state index contributed by atoms with van der Waals surface area (Å²) in [7, 11) is 0. The number of amides is 3. The van der Waals surface area contributed by atoms with E-state index in [2.05, 4.69) is 5.32 Å². The fourth-order valence-electron chi connectivity index (χ4n) is 4.33. The predicted molar refractivity (Wildman–Crippen MR) is 104 cm³/mol. The lowest BCUT2D eigenvalue weighted by molar-refractivity contribution is -0.187. The second-order valence-electron chi connectivity index (χ2n) is 7.80. The first-order chi connectivity index (χ1) is 14.1. The average Bonchev–Trinajstić information content (AvgIpc) is 3.39. The molecular weight excluding hydrogens is 374 g/mol. The number of hydrogen-bond acceptors (Lipinski definition) is 6. The molecule has 8 nitrogen and oxygen atoms in total. The van der Waals surface area contributed by atoms with Gasteiger partial charge in [-0.1, -0.05) is 18.2 Å². The van der Waals surface area contributed by atoms with Gasteiger partial charge in [0.15, 0.2) is 5.79 Å². The Morgan fingerprint density at radius 2 is 1.72 bits per heavy atom. The van der Waals surface area contributed by atoms with Crippen molar-refractivity contribution in [3.63, 3.8) is 0 Å². The largest absolute Gasteiger partial charge is 0.347 e. The summed E-state index contributed by atoms with van der Waals surface area (Å²) >= 11 is 0. The minimum absolute atomic E-state index is 0.00642. The topological polar surface area (TPSA) is 88.2 Å². The van der Waals surface area contributed by atoms with E-state index >= 15 is 0 Å². The highest BCUT2D eigenvalue weighted by Gasteiger charge is 2.41. The molecule has 1 aromatic carbocycles. The van der Waals surface area contributed by atoms with Gasteiger partial charge in [-0.3, -0.25) is 24.6 Å². The third-order valence-corrected chi connectivity index (χ3v) is 5.97. The molecule has 156 valence electrons. The first-order valence-corrected chi connectivity index (χ1v) is 10.3. The summed E-state index contributed by atoms with van der Waals surface area (Å²) in [6, 6.07) is 8.20. The molecule has 3 saturated heterocycles. The molecular formula is C21H27N3O5. The van der Waals surface area contributed by atoms with Crippen molar-refractivity contribution in [1.29, 1.82) is 0 Å². The Balaban J connectivity index is 1.29. The molecule has 0 aromatic heterocycles. The number of benzene rings is 1. The normalized spacial score (nSPS) is 24.0. The summed E-state index contributed by atoms with van der Waals surface area (Å²) in [4.78, 5) is 41.4. The number of likely N-dealkylation sites (tertiary alicyclic amines) is 2. The van der Waals surface area contributed by atoms with Crippen molar-refractivity contribution in [3.05, 3.63) is 35.9 Å². The van der Waals surface area contributed by atoms with Crippen molar-refractivity contribution < 1.29 is 23.9 Å². The Hall–Kier alpha value is -2.29. The van der Waals surface area contributed by atoms with E-state index in [0.29, 0.717) is 57.7 Å². The number of imide groups is 1. The third-order valence-electron chi connectivity index (χ3n) is 5.97. The zero-order chi connectivity index (χ0) is 20.3. The maximum absolute atomic E-state index is 12.8. The van der Waals surface area contributed by atoms with Crippen LogP contribution in [0.2, 0.25) is 0 Å². The molecule has 3 fully saturated rings. The summed E-state index contributed by atoms with van der Waals surface area (Å²) in [5, 5.41) is 2.48. The lowest BCUT2D eigenvalue weighted by Gasteiger charge is -2.38. The highest BCUT2D eigenvalue weighted by Crippen LogP contribution is 2.31. The summed E-state index contributed by atoms with van der Waals surface area (Å²) in [5.41, 5.74) is 0.445. The Morgan fingerprint density at radius 3 is 2.41 bits per heavy atom. The second kappa shape index (κ2) is 8.61. The van der Waals surface area contributed by atoms with Gasteiger partial charge in [0.2, 0.25) is 11.8 Å². The number of ether oxygens (including phenoxy) is 2. The monoisotopic (exact) mass is 401 g/mol. The highest BCUT2D eigenvalue weighted by molar-refractivity contribution is 6.06. The Labute approximate surface area is 170 Å². The number of hydrogen-bond donors (Lipinski definition) is 1. The quantitative estimate of drug-likeness (QED) is 0.750. The van der Waals surface area contributed by atoms with Crippen molar-refractivity contribution in [3.8, 4) is 0 Å². The van der Waals surface area contributed by atoms with E-state index in [1.807, 2.05) is 15.9 Å². The van der Waals surface area contributed by atoms with Crippen LogP contribution in [-0.4, -0.2) is 78.7 Å². The lowest BCUT2D eigenvalue weighted by Crippen LogP contribution is -2.52. The Bertz CT molecular complexity index is 753. The van der Waals surface area contributed by atoms with Crippen LogP contribution in [0.4, 0.5) is 0 Å². The number of nitrogens with one attached hydrogen (secondary N) is 1. The van der Waals surface area contributed by atoms with Gasteiger partial charge >= 0.3 is 0 Å². The Morgan fingerprint density at radius 1 is 1.03 bits per heavy atom. The number of rotatable bonds is 4. The van der Waals surface area contributed by atoms with Crippen LogP contribution in [0.15, 0.2) is 30.3 Å². The summed E-state index contributed by atoms with van der Waals surface area (Å²) in [6.45, 7) is 3.27. The molecule has 0 saturated carbocycles. The van der Waals surface area contributed by atoms with Gasteiger partial charge < -0.3 is 14.4 Å². The molecule has 29 heavy (non-hydrogen) atoms. The highest BCUT2D eigenvalue weighted by atomic mass is 16.7. The van der Waals surface area contributed by atoms with Gasteiger partial charge in [0.25, 0.3) is 5.91 Å². The van der Waals surface area contributed by atoms with Crippen LogP contribution in [0.25, 0.3) is 0 Å². The molecule has 0 bridgehead atoms. The van der Waals surface area contributed by atoms with E-state index in [0.717, 1.165) is 6.42 Å². The number of carbonyl (C=O) groups is 3. The lowest BCUT2D eigenvalue weighted by atomic mass is 10.0. The van der Waals surface area contributed by atoms with Crippen molar-refractivity contribution in [1.82, 2.24) is 15.1 Å². The van der Waals surface area contributed by atoms with Crippen molar-refractivity contribution in [2.75, 3.05) is 39.4 Å². The first-order valence-electron chi connectivity index (χ1n) is 10.3. The molecule has 3 aliphatic rings. The van der Waals surface area contributed by atoms with Gasteiger partial charge in [-0.05, 0) is 31.5 Å². The molecule has 0 radical (unpaired) electrons. The van der Waals surface area contributed by atoms with Crippen molar-refractivity contribution >= 4 is 17.7 Å². The molecule has 3 aliphatic heterocycles.